The van der Waals surface area contributed by atoms with Crippen molar-refractivity contribution in [3.05, 3.63) is 52.2 Å². The fraction of sp³-hybridized carbons (Fsp3) is 0.250. The molecule has 0 bridgehead atoms. The molecule has 0 atom stereocenters. The van der Waals surface area contributed by atoms with E-state index >= 15 is 0 Å². The van der Waals surface area contributed by atoms with Crippen molar-refractivity contribution in [2.75, 3.05) is 18.8 Å². The van der Waals surface area contributed by atoms with E-state index in [1.807, 2.05) is 35.7 Å². The summed E-state index contributed by atoms with van der Waals surface area (Å²) in [7, 11) is 0. The van der Waals surface area contributed by atoms with Gasteiger partial charge >= 0.3 is 0 Å². The summed E-state index contributed by atoms with van der Waals surface area (Å²) in [6, 6.07) is 11.2. The van der Waals surface area contributed by atoms with Crippen molar-refractivity contribution in [3.63, 3.8) is 0 Å². The zero-order chi connectivity index (χ0) is 15.8. The lowest BCUT2D eigenvalue weighted by Crippen LogP contribution is -2.31. The van der Waals surface area contributed by atoms with Crippen LogP contribution in [-0.2, 0) is 11.2 Å². The van der Waals surface area contributed by atoms with Crippen LogP contribution in [0.25, 0.3) is 0 Å². The van der Waals surface area contributed by atoms with Crippen molar-refractivity contribution in [2.45, 2.75) is 12.8 Å². The molecule has 1 aromatic heterocycles. The average Bonchev–Trinajstić information content (AvgIpc) is 3.03. The second-order valence-electron chi connectivity index (χ2n) is 4.82. The van der Waals surface area contributed by atoms with Crippen LogP contribution in [0.1, 0.15) is 21.7 Å². The molecular weight excluding hydrogens is 334 g/mol. The van der Waals surface area contributed by atoms with Gasteiger partial charge in [0.15, 0.2) is 0 Å². The third-order valence-corrected chi connectivity index (χ3v) is 3.97. The maximum atomic E-state index is 11.7. The Hall–Kier alpha value is -2.05. The lowest BCUT2D eigenvalue weighted by Gasteiger charge is -2.06. The van der Waals surface area contributed by atoms with Crippen LogP contribution >= 0.6 is 23.7 Å². The summed E-state index contributed by atoms with van der Waals surface area (Å²) in [5, 5.41) is 7.41. The SMILES string of the molecule is Cl.Nc1ccc(CCNC(=O)CCNC(=O)c2cccs2)cc1. The number of amides is 2. The minimum absolute atomic E-state index is 0. The van der Waals surface area contributed by atoms with E-state index in [1.54, 1.807) is 6.07 Å². The highest BCUT2D eigenvalue weighted by atomic mass is 35.5. The number of thiophene rings is 1. The number of rotatable bonds is 7. The zero-order valence-electron chi connectivity index (χ0n) is 12.6. The zero-order valence-corrected chi connectivity index (χ0v) is 14.2. The van der Waals surface area contributed by atoms with Gasteiger partial charge in [0.05, 0.1) is 4.88 Å². The van der Waals surface area contributed by atoms with Crippen molar-refractivity contribution in [2.24, 2.45) is 0 Å². The summed E-state index contributed by atoms with van der Waals surface area (Å²) in [5.74, 6) is -0.202. The van der Waals surface area contributed by atoms with Gasteiger partial charge in [-0.3, -0.25) is 9.59 Å². The van der Waals surface area contributed by atoms with Crippen molar-refractivity contribution in [1.82, 2.24) is 10.6 Å². The Morgan fingerprint density at radius 3 is 2.43 bits per heavy atom. The van der Waals surface area contributed by atoms with Crippen LogP contribution in [0, 0.1) is 0 Å². The highest BCUT2D eigenvalue weighted by molar-refractivity contribution is 7.12. The summed E-state index contributed by atoms with van der Waals surface area (Å²) in [5.41, 5.74) is 7.47. The molecule has 0 radical (unpaired) electrons. The molecule has 0 saturated heterocycles. The van der Waals surface area contributed by atoms with E-state index in [9.17, 15) is 9.59 Å². The highest BCUT2D eigenvalue weighted by Gasteiger charge is 2.07. The number of nitrogen functional groups attached to an aromatic ring is 1. The standard InChI is InChI=1S/C16H19N3O2S.ClH/c17-13-5-3-12(4-6-13)7-9-18-15(20)8-10-19-16(21)14-2-1-11-22-14;/h1-6,11H,7-10,17H2,(H,18,20)(H,19,21);1H. The van der Waals surface area contributed by atoms with Crippen LogP contribution in [-0.4, -0.2) is 24.9 Å². The number of carbonyl (C=O) groups excluding carboxylic acids is 2. The van der Waals surface area contributed by atoms with Gasteiger partial charge in [0.2, 0.25) is 5.91 Å². The van der Waals surface area contributed by atoms with Crippen LogP contribution in [0.5, 0.6) is 0 Å². The Labute approximate surface area is 145 Å². The summed E-state index contributed by atoms with van der Waals surface area (Å²) < 4.78 is 0. The fourth-order valence-electron chi connectivity index (χ4n) is 1.90. The predicted molar refractivity (Wildman–Crippen MR) is 96.1 cm³/mol. The third-order valence-electron chi connectivity index (χ3n) is 3.10. The number of nitrogens with one attached hydrogen (secondary N) is 2. The van der Waals surface area contributed by atoms with Gasteiger partial charge in [-0.25, -0.2) is 0 Å². The van der Waals surface area contributed by atoms with Gasteiger partial charge in [0.1, 0.15) is 0 Å². The van der Waals surface area contributed by atoms with Crippen molar-refractivity contribution >= 4 is 41.2 Å². The first-order valence-corrected chi connectivity index (χ1v) is 7.96. The molecule has 124 valence electrons. The molecule has 2 aromatic rings. The first-order chi connectivity index (χ1) is 10.6. The van der Waals surface area contributed by atoms with Gasteiger partial charge in [-0.1, -0.05) is 18.2 Å². The molecule has 1 aromatic carbocycles. The Balaban J connectivity index is 0.00000264. The largest absolute Gasteiger partial charge is 0.399 e. The number of anilines is 1. The van der Waals surface area contributed by atoms with Crippen molar-refractivity contribution in [1.29, 1.82) is 0 Å². The lowest BCUT2D eigenvalue weighted by molar-refractivity contribution is -0.120. The maximum Gasteiger partial charge on any atom is 0.261 e. The summed E-state index contributed by atoms with van der Waals surface area (Å²) in [4.78, 5) is 24.0. The van der Waals surface area contributed by atoms with E-state index in [2.05, 4.69) is 10.6 Å². The van der Waals surface area contributed by atoms with E-state index in [1.165, 1.54) is 11.3 Å². The Kier molecular flexibility index (Phi) is 8.15. The number of carbonyl (C=O) groups is 2. The molecule has 0 unspecified atom stereocenters. The van der Waals surface area contributed by atoms with Gasteiger partial charge in [-0.05, 0) is 35.6 Å². The molecule has 0 saturated carbocycles. The number of nitrogens with two attached hydrogens (primary N) is 1. The van der Waals surface area contributed by atoms with Crippen LogP contribution < -0.4 is 16.4 Å². The molecule has 4 N–H and O–H groups in total. The molecule has 0 aliphatic heterocycles. The van der Waals surface area contributed by atoms with E-state index in [-0.39, 0.29) is 30.6 Å². The molecule has 2 rings (SSSR count). The summed E-state index contributed by atoms with van der Waals surface area (Å²) in [6.45, 7) is 0.909. The van der Waals surface area contributed by atoms with E-state index < -0.39 is 0 Å². The normalized spacial score (nSPS) is 9.74. The smallest absolute Gasteiger partial charge is 0.261 e. The van der Waals surface area contributed by atoms with E-state index in [0.29, 0.717) is 18.0 Å². The molecular formula is C16H20ClN3O2S. The number of benzene rings is 1. The molecule has 1 heterocycles. The molecule has 0 spiro atoms. The van der Waals surface area contributed by atoms with Crippen LogP contribution in [0.2, 0.25) is 0 Å². The quantitative estimate of drug-likeness (QED) is 0.667. The second kappa shape index (κ2) is 9.86. The lowest BCUT2D eigenvalue weighted by atomic mass is 10.1. The van der Waals surface area contributed by atoms with Crippen LogP contribution in [0.4, 0.5) is 5.69 Å². The van der Waals surface area contributed by atoms with Crippen LogP contribution in [0.15, 0.2) is 41.8 Å². The van der Waals surface area contributed by atoms with Gasteiger partial charge in [-0.15, -0.1) is 23.7 Å². The average molecular weight is 354 g/mol. The predicted octanol–water partition coefficient (Wildman–Crippen LogP) is 2.23. The third kappa shape index (κ3) is 6.71. The second-order valence-corrected chi connectivity index (χ2v) is 5.77. The molecule has 5 nitrogen and oxygen atoms in total. The van der Waals surface area contributed by atoms with Gasteiger partial charge in [0.25, 0.3) is 5.91 Å². The number of halogens is 1. The maximum absolute atomic E-state index is 11.7. The first-order valence-electron chi connectivity index (χ1n) is 7.08. The van der Waals surface area contributed by atoms with Crippen molar-refractivity contribution in [3.8, 4) is 0 Å². The monoisotopic (exact) mass is 353 g/mol. The van der Waals surface area contributed by atoms with E-state index in [0.717, 1.165) is 17.7 Å². The molecule has 23 heavy (non-hydrogen) atoms. The van der Waals surface area contributed by atoms with E-state index in [4.69, 9.17) is 5.73 Å². The Bertz CT molecular complexity index is 615. The van der Waals surface area contributed by atoms with Crippen LogP contribution in [0.3, 0.4) is 0 Å². The van der Waals surface area contributed by atoms with Gasteiger partial charge in [0, 0.05) is 25.2 Å². The summed E-state index contributed by atoms with van der Waals surface area (Å²) in [6.07, 6.45) is 1.03. The molecule has 0 fully saturated rings. The van der Waals surface area contributed by atoms with Gasteiger partial charge < -0.3 is 16.4 Å². The molecule has 7 heteroatoms. The summed E-state index contributed by atoms with van der Waals surface area (Å²) >= 11 is 1.38. The van der Waals surface area contributed by atoms with Crippen molar-refractivity contribution < 1.29 is 9.59 Å². The molecule has 0 aliphatic rings. The molecule has 0 aliphatic carbocycles. The topological polar surface area (TPSA) is 84.2 Å². The highest BCUT2D eigenvalue weighted by Crippen LogP contribution is 2.07. The fourth-order valence-corrected chi connectivity index (χ4v) is 2.54. The first kappa shape index (κ1) is 19.0. The Morgan fingerprint density at radius 1 is 1.04 bits per heavy atom. The minimum atomic E-state index is -0.135. The van der Waals surface area contributed by atoms with Gasteiger partial charge in [-0.2, -0.15) is 0 Å². The Morgan fingerprint density at radius 2 is 1.78 bits per heavy atom. The minimum Gasteiger partial charge on any atom is -0.399 e. The number of hydrogen-bond donors (Lipinski definition) is 3. The number of hydrogen-bond acceptors (Lipinski definition) is 4. The molecule has 2 amide bonds.